The van der Waals surface area contributed by atoms with Crippen molar-refractivity contribution < 1.29 is 4.79 Å². The summed E-state index contributed by atoms with van der Waals surface area (Å²) in [4.78, 5) is 12.5. The molecular formula is C18H26N2O. The SMILES string of the molecule is O=C(NC1CCCCCCC1)[C@@H]1Cc2ccccc2CN1. The predicted molar refractivity (Wildman–Crippen MR) is 85.0 cm³/mol. The van der Waals surface area contributed by atoms with Gasteiger partial charge in [-0.1, -0.05) is 56.4 Å². The van der Waals surface area contributed by atoms with Crippen molar-refractivity contribution in [3.8, 4) is 0 Å². The first-order chi connectivity index (χ1) is 10.3. The van der Waals surface area contributed by atoms with Gasteiger partial charge in [-0.05, 0) is 30.4 Å². The van der Waals surface area contributed by atoms with Crippen LogP contribution in [0.2, 0.25) is 0 Å². The molecule has 1 heterocycles. The zero-order chi connectivity index (χ0) is 14.5. The molecule has 1 atom stereocenters. The normalized spacial score (nSPS) is 23.7. The van der Waals surface area contributed by atoms with Crippen LogP contribution in [0.15, 0.2) is 24.3 Å². The number of hydrogen-bond donors (Lipinski definition) is 2. The summed E-state index contributed by atoms with van der Waals surface area (Å²) < 4.78 is 0. The van der Waals surface area contributed by atoms with Gasteiger partial charge in [0.1, 0.15) is 0 Å². The molecule has 0 aromatic heterocycles. The molecule has 2 N–H and O–H groups in total. The Hall–Kier alpha value is -1.35. The number of benzene rings is 1. The largest absolute Gasteiger partial charge is 0.352 e. The van der Waals surface area contributed by atoms with E-state index in [9.17, 15) is 4.79 Å². The van der Waals surface area contributed by atoms with Crippen molar-refractivity contribution in [2.45, 2.75) is 70.0 Å². The second-order valence-electron chi connectivity index (χ2n) is 6.46. The van der Waals surface area contributed by atoms with E-state index in [1.165, 1.54) is 43.2 Å². The lowest BCUT2D eigenvalue weighted by atomic mass is 9.94. The highest BCUT2D eigenvalue weighted by atomic mass is 16.2. The number of carbonyl (C=O) groups excluding carboxylic acids is 1. The molecule has 1 saturated carbocycles. The molecule has 1 fully saturated rings. The fourth-order valence-electron chi connectivity index (χ4n) is 3.54. The van der Waals surface area contributed by atoms with E-state index in [-0.39, 0.29) is 11.9 Å². The minimum atomic E-state index is -0.0645. The van der Waals surface area contributed by atoms with Crippen molar-refractivity contribution in [2.24, 2.45) is 0 Å². The molecule has 1 amide bonds. The van der Waals surface area contributed by atoms with Crippen LogP contribution in [0.25, 0.3) is 0 Å². The van der Waals surface area contributed by atoms with Gasteiger partial charge in [0.2, 0.25) is 5.91 Å². The first-order valence-corrected chi connectivity index (χ1v) is 8.43. The van der Waals surface area contributed by atoms with E-state index >= 15 is 0 Å². The van der Waals surface area contributed by atoms with Crippen molar-refractivity contribution in [2.75, 3.05) is 0 Å². The maximum absolute atomic E-state index is 12.5. The van der Waals surface area contributed by atoms with Gasteiger partial charge in [0.05, 0.1) is 6.04 Å². The minimum Gasteiger partial charge on any atom is -0.352 e. The van der Waals surface area contributed by atoms with Crippen LogP contribution in [0, 0.1) is 0 Å². The molecule has 0 spiro atoms. The number of nitrogens with one attached hydrogen (secondary N) is 2. The zero-order valence-corrected chi connectivity index (χ0v) is 12.7. The van der Waals surface area contributed by atoms with Gasteiger partial charge in [0.15, 0.2) is 0 Å². The van der Waals surface area contributed by atoms with Crippen LogP contribution in [0.3, 0.4) is 0 Å². The lowest BCUT2D eigenvalue weighted by molar-refractivity contribution is -0.124. The summed E-state index contributed by atoms with van der Waals surface area (Å²) in [6.45, 7) is 0.804. The Kier molecular flexibility index (Phi) is 4.91. The van der Waals surface area contributed by atoms with Crippen molar-refractivity contribution in [3.63, 3.8) is 0 Å². The van der Waals surface area contributed by atoms with Crippen LogP contribution in [-0.2, 0) is 17.8 Å². The maximum Gasteiger partial charge on any atom is 0.237 e. The van der Waals surface area contributed by atoms with Crippen LogP contribution in [0.5, 0.6) is 0 Å². The highest BCUT2D eigenvalue weighted by Crippen LogP contribution is 2.19. The summed E-state index contributed by atoms with van der Waals surface area (Å²) in [5.41, 5.74) is 2.64. The van der Waals surface area contributed by atoms with Gasteiger partial charge >= 0.3 is 0 Å². The second kappa shape index (κ2) is 7.08. The van der Waals surface area contributed by atoms with E-state index in [0.717, 1.165) is 25.8 Å². The van der Waals surface area contributed by atoms with Gasteiger partial charge in [-0.3, -0.25) is 4.79 Å². The zero-order valence-electron chi connectivity index (χ0n) is 12.7. The Bertz CT molecular complexity index is 478. The quantitative estimate of drug-likeness (QED) is 0.877. The Morgan fingerprint density at radius 1 is 1.00 bits per heavy atom. The smallest absolute Gasteiger partial charge is 0.237 e. The molecule has 0 radical (unpaired) electrons. The van der Waals surface area contributed by atoms with E-state index in [2.05, 4.69) is 34.9 Å². The molecule has 1 aromatic carbocycles. The molecular weight excluding hydrogens is 260 g/mol. The van der Waals surface area contributed by atoms with Crippen molar-refractivity contribution in [1.82, 2.24) is 10.6 Å². The average Bonchev–Trinajstić information content (AvgIpc) is 2.49. The van der Waals surface area contributed by atoms with E-state index in [0.29, 0.717) is 6.04 Å². The molecule has 3 rings (SSSR count). The minimum absolute atomic E-state index is 0.0645. The van der Waals surface area contributed by atoms with Gasteiger partial charge in [-0.25, -0.2) is 0 Å². The summed E-state index contributed by atoms with van der Waals surface area (Å²) in [5.74, 6) is 0.190. The molecule has 1 aromatic rings. The Morgan fingerprint density at radius 2 is 1.67 bits per heavy atom. The Balaban J connectivity index is 1.56. The second-order valence-corrected chi connectivity index (χ2v) is 6.46. The van der Waals surface area contributed by atoms with Crippen LogP contribution in [-0.4, -0.2) is 18.0 Å². The number of amides is 1. The van der Waals surface area contributed by atoms with Crippen LogP contribution < -0.4 is 10.6 Å². The number of fused-ring (bicyclic) bond motifs is 1. The summed E-state index contributed by atoms with van der Waals surface area (Å²) in [6, 6.07) is 8.74. The number of rotatable bonds is 2. The highest BCUT2D eigenvalue weighted by molar-refractivity contribution is 5.82. The molecule has 0 saturated heterocycles. The molecule has 114 valence electrons. The topological polar surface area (TPSA) is 41.1 Å². The third-order valence-electron chi connectivity index (χ3n) is 4.85. The lowest BCUT2D eigenvalue weighted by Crippen LogP contribution is -2.50. The van der Waals surface area contributed by atoms with E-state index in [4.69, 9.17) is 0 Å². The molecule has 3 nitrogen and oxygen atoms in total. The van der Waals surface area contributed by atoms with E-state index in [1.807, 2.05) is 0 Å². The Morgan fingerprint density at radius 3 is 2.43 bits per heavy atom. The third kappa shape index (κ3) is 3.85. The summed E-state index contributed by atoms with van der Waals surface area (Å²) >= 11 is 0. The fraction of sp³-hybridized carbons (Fsp3) is 0.611. The lowest BCUT2D eigenvalue weighted by Gasteiger charge is -2.28. The van der Waals surface area contributed by atoms with Gasteiger partial charge < -0.3 is 10.6 Å². The van der Waals surface area contributed by atoms with Crippen molar-refractivity contribution in [3.05, 3.63) is 35.4 Å². The summed E-state index contributed by atoms with van der Waals surface area (Å²) in [7, 11) is 0. The van der Waals surface area contributed by atoms with Gasteiger partial charge in [0.25, 0.3) is 0 Å². The van der Waals surface area contributed by atoms with Crippen molar-refractivity contribution in [1.29, 1.82) is 0 Å². The summed E-state index contributed by atoms with van der Waals surface area (Å²) in [5, 5.41) is 6.67. The number of carbonyl (C=O) groups is 1. The first kappa shape index (κ1) is 14.6. The molecule has 21 heavy (non-hydrogen) atoms. The van der Waals surface area contributed by atoms with Crippen molar-refractivity contribution >= 4 is 5.91 Å². The average molecular weight is 286 g/mol. The maximum atomic E-state index is 12.5. The van der Waals surface area contributed by atoms with E-state index in [1.54, 1.807) is 0 Å². The molecule has 3 heteroatoms. The predicted octanol–water partition coefficient (Wildman–Crippen LogP) is 2.93. The van der Waals surface area contributed by atoms with Crippen LogP contribution >= 0.6 is 0 Å². The standard InChI is InChI=1S/C18H26N2O/c21-18(20-16-10-4-2-1-3-5-11-16)17-12-14-8-6-7-9-15(14)13-19-17/h6-9,16-17,19H,1-5,10-13H2,(H,20,21)/t17-/m0/s1. The molecule has 2 aliphatic rings. The first-order valence-electron chi connectivity index (χ1n) is 8.43. The van der Waals surface area contributed by atoms with Crippen LogP contribution in [0.1, 0.15) is 56.1 Å². The Labute approximate surface area is 127 Å². The molecule has 0 unspecified atom stereocenters. The fourth-order valence-corrected chi connectivity index (χ4v) is 3.54. The summed E-state index contributed by atoms with van der Waals surface area (Å²) in [6.07, 6.45) is 9.63. The third-order valence-corrected chi connectivity index (χ3v) is 4.85. The van der Waals surface area contributed by atoms with Gasteiger partial charge in [-0.2, -0.15) is 0 Å². The molecule has 1 aliphatic carbocycles. The molecule has 0 bridgehead atoms. The number of hydrogen-bond acceptors (Lipinski definition) is 2. The monoisotopic (exact) mass is 286 g/mol. The molecule has 1 aliphatic heterocycles. The highest BCUT2D eigenvalue weighted by Gasteiger charge is 2.25. The van der Waals surface area contributed by atoms with Gasteiger partial charge in [-0.15, -0.1) is 0 Å². The van der Waals surface area contributed by atoms with Gasteiger partial charge in [0, 0.05) is 12.6 Å². The van der Waals surface area contributed by atoms with Crippen LogP contribution in [0.4, 0.5) is 0 Å². The van der Waals surface area contributed by atoms with E-state index < -0.39 is 0 Å².